The van der Waals surface area contributed by atoms with Crippen molar-refractivity contribution in [2.24, 2.45) is 0 Å². The fourth-order valence-electron chi connectivity index (χ4n) is 1.75. The molecule has 5 heteroatoms. The molecule has 0 aliphatic carbocycles. The summed E-state index contributed by atoms with van der Waals surface area (Å²) in [4.78, 5) is 12.0. The van der Waals surface area contributed by atoms with Crippen molar-refractivity contribution in [3.8, 4) is 5.75 Å². The first kappa shape index (κ1) is 12.0. The fourth-order valence-corrected chi connectivity index (χ4v) is 1.75. The third kappa shape index (κ3) is 2.62. The van der Waals surface area contributed by atoms with Gasteiger partial charge in [0.1, 0.15) is 0 Å². The average molecular weight is 239 g/mol. The maximum absolute atomic E-state index is 13.4. The summed E-state index contributed by atoms with van der Waals surface area (Å²) in [7, 11) is 1.39. The van der Waals surface area contributed by atoms with Crippen LogP contribution in [0.15, 0.2) is 18.2 Å². The molecule has 0 saturated carbocycles. The summed E-state index contributed by atoms with van der Waals surface area (Å²) >= 11 is 0. The summed E-state index contributed by atoms with van der Waals surface area (Å²) < 4.78 is 23.4. The minimum Gasteiger partial charge on any atom is -0.494 e. The van der Waals surface area contributed by atoms with Gasteiger partial charge >= 0.3 is 0 Å². The second-order valence-electron chi connectivity index (χ2n) is 3.80. The lowest BCUT2D eigenvalue weighted by Crippen LogP contribution is -2.46. The molecule has 0 spiro atoms. The first-order valence-corrected chi connectivity index (χ1v) is 5.41. The number of hydrogen-bond donors (Lipinski definition) is 1. The molecule has 1 aromatic carbocycles. The molecule has 1 saturated heterocycles. The Morgan fingerprint density at radius 3 is 3.00 bits per heavy atom. The number of ether oxygens (including phenoxy) is 2. The summed E-state index contributed by atoms with van der Waals surface area (Å²) in [6.45, 7) is 1.56. The predicted octanol–water partition coefficient (Wildman–Crippen LogP) is 1.01. The highest BCUT2D eigenvalue weighted by atomic mass is 19.1. The average Bonchev–Trinajstić information content (AvgIpc) is 2.39. The first-order chi connectivity index (χ1) is 8.22. The van der Waals surface area contributed by atoms with Crippen LogP contribution in [0.1, 0.15) is 10.4 Å². The first-order valence-electron chi connectivity index (χ1n) is 5.41. The van der Waals surface area contributed by atoms with E-state index in [-0.39, 0.29) is 11.5 Å². The number of hydrogen-bond acceptors (Lipinski definition) is 4. The monoisotopic (exact) mass is 239 g/mol. The minimum absolute atomic E-state index is 0.134. The van der Waals surface area contributed by atoms with E-state index < -0.39 is 11.9 Å². The van der Waals surface area contributed by atoms with E-state index in [0.717, 1.165) is 0 Å². The summed E-state index contributed by atoms with van der Waals surface area (Å²) in [5, 5.41) is 3.04. The molecule has 1 aliphatic heterocycles. The standard InChI is InChI=1S/C12H14FNO3/c1-16-11-3-2-8(6-9(11)13)12(15)10-7-17-5-4-14-10/h2-3,6,10,14H,4-5,7H2,1H3. The molecule has 1 unspecified atom stereocenters. The highest BCUT2D eigenvalue weighted by Crippen LogP contribution is 2.18. The van der Waals surface area contributed by atoms with E-state index in [1.54, 1.807) is 6.07 Å². The Hall–Kier alpha value is -1.46. The van der Waals surface area contributed by atoms with Gasteiger partial charge in [-0.05, 0) is 18.2 Å². The van der Waals surface area contributed by atoms with Gasteiger partial charge in [0, 0.05) is 12.1 Å². The number of Topliss-reactive ketones (excluding diaryl/α,β-unsaturated/α-hetero) is 1. The van der Waals surface area contributed by atoms with E-state index in [1.807, 2.05) is 0 Å². The van der Waals surface area contributed by atoms with Crippen LogP contribution in [0.25, 0.3) is 0 Å². The number of carbonyl (C=O) groups excluding carboxylic acids is 1. The van der Waals surface area contributed by atoms with E-state index in [0.29, 0.717) is 25.3 Å². The molecular formula is C12H14FNO3. The van der Waals surface area contributed by atoms with Gasteiger partial charge in [0.05, 0.1) is 26.4 Å². The molecule has 2 rings (SSSR count). The SMILES string of the molecule is COc1ccc(C(=O)C2COCCN2)cc1F. The van der Waals surface area contributed by atoms with Gasteiger partial charge in [-0.2, -0.15) is 0 Å². The maximum atomic E-state index is 13.4. The van der Waals surface area contributed by atoms with Crippen LogP contribution in [0.3, 0.4) is 0 Å². The van der Waals surface area contributed by atoms with E-state index in [1.165, 1.54) is 19.2 Å². The molecule has 0 bridgehead atoms. The van der Waals surface area contributed by atoms with Gasteiger partial charge in [-0.15, -0.1) is 0 Å². The Kier molecular flexibility index (Phi) is 3.71. The van der Waals surface area contributed by atoms with Gasteiger partial charge in [0.2, 0.25) is 0 Å². The summed E-state index contributed by atoms with van der Waals surface area (Å²) in [5.41, 5.74) is 0.325. The lowest BCUT2D eigenvalue weighted by molar-refractivity contribution is 0.0607. The zero-order valence-electron chi connectivity index (χ0n) is 9.53. The molecule has 0 radical (unpaired) electrons. The van der Waals surface area contributed by atoms with Gasteiger partial charge in [-0.3, -0.25) is 4.79 Å². The lowest BCUT2D eigenvalue weighted by atomic mass is 10.0. The molecule has 92 valence electrons. The van der Waals surface area contributed by atoms with Crippen molar-refractivity contribution in [1.82, 2.24) is 5.32 Å². The van der Waals surface area contributed by atoms with E-state index in [9.17, 15) is 9.18 Å². The largest absolute Gasteiger partial charge is 0.494 e. The van der Waals surface area contributed by atoms with Crippen molar-refractivity contribution in [3.05, 3.63) is 29.6 Å². The van der Waals surface area contributed by atoms with Crippen LogP contribution in [0.2, 0.25) is 0 Å². The van der Waals surface area contributed by atoms with Gasteiger partial charge in [0.25, 0.3) is 0 Å². The number of methoxy groups -OCH3 is 1. The molecule has 4 nitrogen and oxygen atoms in total. The van der Waals surface area contributed by atoms with Crippen molar-refractivity contribution >= 4 is 5.78 Å². The van der Waals surface area contributed by atoms with E-state index >= 15 is 0 Å². The van der Waals surface area contributed by atoms with Crippen LogP contribution >= 0.6 is 0 Å². The zero-order valence-corrected chi connectivity index (χ0v) is 9.53. The number of benzene rings is 1. The Balaban J connectivity index is 2.16. The molecule has 0 amide bonds. The van der Waals surface area contributed by atoms with E-state index in [4.69, 9.17) is 9.47 Å². The van der Waals surface area contributed by atoms with Crippen molar-refractivity contribution in [2.75, 3.05) is 26.9 Å². The van der Waals surface area contributed by atoms with Crippen molar-refractivity contribution in [1.29, 1.82) is 0 Å². The molecule has 1 aliphatic rings. The maximum Gasteiger partial charge on any atom is 0.182 e. The molecule has 1 fully saturated rings. The van der Waals surface area contributed by atoms with Crippen LogP contribution < -0.4 is 10.1 Å². The second-order valence-corrected chi connectivity index (χ2v) is 3.80. The van der Waals surface area contributed by atoms with Crippen LogP contribution in [0.4, 0.5) is 4.39 Å². The third-order valence-electron chi connectivity index (χ3n) is 2.67. The number of rotatable bonds is 3. The Morgan fingerprint density at radius 1 is 1.59 bits per heavy atom. The lowest BCUT2D eigenvalue weighted by Gasteiger charge is -2.22. The second kappa shape index (κ2) is 5.25. The Labute approximate surface area is 98.7 Å². The van der Waals surface area contributed by atoms with Crippen molar-refractivity contribution in [3.63, 3.8) is 0 Å². The van der Waals surface area contributed by atoms with Crippen molar-refractivity contribution < 1.29 is 18.7 Å². The van der Waals surface area contributed by atoms with Gasteiger partial charge in [0.15, 0.2) is 17.3 Å². The smallest absolute Gasteiger partial charge is 0.182 e. The van der Waals surface area contributed by atoms with Crippen LogP contribution in [-0.2, 0) is 4.74 Å². The van der Waals surface area contributed by atoms with Gasteiger partial charge in [-0.1, -0.05) is 0 Å². The molecule has 1 heterocycles. The quantitative estimate of drug-likeness (QED) is 0.800. The van der Waals surface area contributed by atoms with Crippen LogP contribution in [0.5, 0.6) is 5.75 Å². The number of nitrogens with one attached hydrogen (secondary N) is 1. The van der Waals surface area contributed by atoms with Gasteiger partial charge in [-0.25, -0.2) is 4.39 Å². The molecular weight excluding hydrogens is 225 g/mol. The molecule has 17 heavy (non-hydrogen) atoms. The molecule has 1 atom stereocenters. The molecule has 1 aromatic rings. The molecule has 1 N–H and O–H groups in total. The highest BCUT2D eigenvalue weighted by Gasteiger charge is 2.23. The number of ketones is 1. The van der Waals surface area contributed by atoms with E-state index in [2.05, 4.69) is 5.32 Å². The number of carbonyl (C=O) groups is 1. The Bertz CT molecular complexity index is 416. The Morgan fingerprint density at radius 2 is 2.41 bits per heavy atom. The van der Waals surface area contributed by atoms with Crippen LogP contribution in [-0.4, -0.2) is 38.7 Å². The number of morpholine rings is 1. The minimum atomic E-state index is -0.532. The summed E-state index contributed by atoms with van der Waals surface area (Å²) in [6.07, 6.45) is 0. The molecule has 0 aromatic heterocycles. The normalized spacial score (nSPS) is 20.0. The number of halogens is 1. The van der Waals surface area contributed by atoms with Gasteiger partial charge < -0.3 is 14.8 Å². The zero-order chi connectivity index (χ0) is 12.3. The van der Waals surface area contributed by atoms with Crippen molar-refractivity contribution in [2.45, 2.75) is 6.04 Å². The fraction of sp³-hybridized carbons (Fsp3) is 0.417. The third-order valence-corrected chi connectivity index (χ3v) is 2.67. The predicted molar refractivity (Wildman–Crippen MR) is 59.9 cm³/mol. The highest BCUT2D eigenvalue weighted by molar-refractivity contribution is 6.00. The summed E-state index contributed by atoms with van der Waals surface area (Å²) in [5.74, 6) is -0.560. The topological polar surface area (TPSA) is 47.6 Å². The van der Waals surface area contributed by atoms with Crippen LogP contribution in [0, 0.1) is 5.82 Å². The summed E-state index contributed by atoms with van der Waals surface area (Å²) in [6, 6.07) is 3.81.